The van der Waals surface area contributed by atoms with E-state index in [0.717, 1.165) is 6.07 Å². The second kappa shape index (κ2) is 5.69. The maximum atomic E-state index is 12.4. The fourth-order valence-corrected chi connectivity index (χ4v) is 2.47. The van der Waals surface area contributed by atoms with Gasteiger partial charge in [-0.15, -0.1) is 0 Å². The van der Waals surface area contributed by atoms with Crippen molar-refractivity contribution in [3.63, 3.8) is 0 Å². The Morgan fingerprint density at radius 1 is 0.958 bits per heavy atom. The molecule has 0 unspecified atom stereocenters. The fourth-order valence-electron chi connectivity index (χ4n) is 2.47. The number of methoxy groups -OCH3 is 2. The van der Waals surface area contributed by atoms with Gasteiger partial charge in [-0.1, -0.05) is 0 Å². The van der Waals surface area contributed by atoms with Crippen LogP contribution in [0.15, 0.2) is 39.5 Å². The molecule has 3 rings (SSSR count). The lowest BCUT2D eigenvalue weighted by Crippen LogP contribution is -2.03. The summed E-state index contributed by atoms with van der Waals surface area (Å²) in [6.45, 7) is 0. The Kier molecular flexibility index (Phi) is 3.69. The van der Waals surface area contributed by atoms with Gasteiger partial charge in [0.1, 0.15) is 28.4 Å². The van der Waals surface area contributed by atoms with Crippen LogP contribution in [-0.2, 0) is 0 Å². The van der Waals surface area contributed by atoms with Crippen LogP contribution in [0.3, 0.4) is 0 Å². The van der Waals surface area contributed by atoms with E-state index in [1.54, 1.807) is 0 Å². The third-order valence-electron chi connectivity index (χ3n) is 3.57. The van der Waals surface area contributed by atoms with E-state index in [9.17, 15) is 20.1 Å². The third-order valence-corrected chi connectivity index (χ3v) is 3.57. The molecule has 7 nitrogen and oxygen atoms in total. The molecule has 0 saturated heterocycles. The van der Waals surface area contributed by atoms with Gasteiger partial charge in [-0.05, 0) is 18.2 Å². The van der Waals surface area contributed by atoms with Gasteiger partial charge in [0.2, 0.25) is 5.75 Å². The molecule has 0 aliphatic rings. The van der Waals surface area contributed by atoms with Crippen LogP contribution in [0.1, 0.15) is 0 Å². The first kappa shape index (κ1) is 15.5. The van der Waals surface area contributed by atoms with Crippen LogP contribution >= 0.6 is 0 Å². The van der Waals surface area contributed by atoms with E-state index >= 15 is 0 Å². The Balaban J connectivity index is 2.41. The highest BCUT2D eigenvalue weighted by atomic mass is 16.5. The summed E-state index contributed by atoms with van der Waals surface area (Å²) in [5.41, 5.74) is -0.439. The minimum atomic E-state index is -0.535. The number of phenols is 3. The zero-order valence-electron chi connectivity index (χ0n) is 12.9. The van der Waals surface area contributed by atoms with E-state index in [0.29, 0.717) is 0 Å². The summed E-state index contributed by atoms with van der Waals surface area (Å²) >= 11 is 0. The number of rotatable bonds is 3. The second-order valence-electron chi connectivity index (χ2n) is 5.01. The van der Waals surface area contributed by atoms with Gasteiger partial charge < -0.3 is 29.2 Å². The van der Waals surface area contributed by atoms with Crippen molar-refractivity contribution in [1.82, 2.24) is 0 Å². The number of benzene rings is 2. The summed E-state index contributed by atoms with van der Waals surface area (Å²) < 4.78 is 16.0. The van der Waals surface area contributed by atoms with Gasteiger partial charge in [0.05, 0.1) is 19.8 Å². The fraction of sp³-hybridized carbons (Fsp3) is 0.118. The van der Waals surface area contributed by atoms with Gasteiger partial charge in [0, 0.05) is 12.1 Å². The van der Waals surface area contributed by atoms with E-state index in [2.05, 4.69) is 0 Å². The zero-order valence-corrected chi connectivity index (χ0v) is 12.9. The molecule has 0 spiro atoms. The summed E-state index contributed by atoms with van der Waals surface area (Å²) in [5.74, 6) is -0.283. The van der Waals surface area contributed by atoms with Crippen molar-refractivity contribution in [3.05, 3.63) is 40.6 Å². The van der Waals surface area contributed by atoms with Crippen LogP contribution < -0.4 is 14.9 Å². The topological polar surface area (TPSA) is 109 Å². The summed E-state index contributed by atoms with van der Waals surface area (Å²) in [4.78, 5) is 12.4. The SMILES string of the molecule is COc1cc(O)c2c(=O)cc(-c3cc(O)ccc3O)oc2c1OC. The Morgan fingerprint density at radius 3 is 2.38 bits per heavy atom. The predicted octanol–water partition coefficient (Wildman–Crippen LogP) is 2.59. The average molecular weight is 330 g/mol. The smallest absolute Gasteiger partial charge is 0.205 e. The molecule has 24 heavy (non-hydrogen) atoms. The lowest BCUT2D eigenvalue weighted by atomic mass is 10.1. The highest BCUT2D eigenvalue weighted by Gasteiger charge is 2.20. The lowest BCUT2D eigenvalue weighted by molar-refractivity contribution is 0.350. The molecule has 0 radical (unpaired) electrons. The van der Waals surface area contributed by atoms with Crippen LogP contribution in [-0.4, -0.2) is 29.5 Å². The Labute approximate surface area is 135 Å². The van der Waals surface area contributed by atoms with Crippen LogP contribution in [0.25, 0.3) is 22.3 Å². The van der Waals surface area contributed by atoms with Gasteiger partial charge in [-0.25, -0.2) is 0 Å². The number of hydrogen-bond acceptors (Lipinski definition) is 7. The molecule has 0 aliphatic heterocycles. The van der Waals surface area contributed by atoms with Crippen molar-refractivity contribution in [2.24, 2.45) is 0 Å². The van der Waals surface area contributed by atoms with Gasteiger partial charge in [0.25, 0.3) is 0 Å². The molecule has 0 amide bonds. The van der Waals surface area contributed by atoms with E-state index in [1.165, 1.54) is 38.5 Å². The van der Waals surface area contributed by atoms with Crippen LogP contribution in [0.4, 0.5) is 0 Å². The van der Waals surface area contributed by atoms with Gasteiger partial charge in [-0.3, -0.25) is 4.79 Å². The first-order valence-corrected chi connectivity index (χ1v) is 6.90. The van der Waals surface area contributed by atoms with Crippen LogP contribution in [0.5, 0.6) is 28.7 Å². The molecule has 7 heteroatoms. The van der Waals surface area contributed by atoms with Crippen LogP contribution in [0, 0.1) is 0 Å². The molecule has 1 heterocycles. The molecule has 2 aromatic carbocycles. The van der Waals surface area contributed by atoms with E-state index in [1.807, 2.05) is 0 Å². The monoisotopic (exact) mass is 330 g/mol. The van der Waals surface area contributed by atoms with E-state index in [-0.39, 0.29) is 51.0 Å². The number of hydrogen-bond donors (Lipinski definition) is 3. The first-order valence-electron chi connectivity index (χ1n) is 6.90. The molecular formula is C17H14O7. The number of fused-ring (bicyclic) bond motifs is 1. The van der Waals surface area contributed by atoms with Gasteiger partial charge >= 0.3 is 0 Å². The predicted molar refractivity (Wildman–Crippen MR) is 86.0 cm³/mol. The van der Waals surface area contributed by atoms with E-state index in [4.69, 9.17) is 13.9 Å². The maximum Gasteiger partial charge on any atom is 0.205 e. The van der Waals surface area contributed by atoms with Crippen molar-refractivity contribution in [2.45, 2.75) is 0 Å². The largest absolute Gasteiger partial charge is 0.508 e. The van der Waals surface area contributed by atoms with Crippen LogP contribution in [0.2, 0.25) is 0 Å². The highest BCUT2D eigenvalue weighted by molar-refractivity contribution is 5.92. The molecule has 0 fully saturated rings. The van der Waals surface area contributed by atoms with Crippen molar-refractivity contribution in [2.75, 3.05) is 14.2 Å². The standard InChI is InChI=1S/C17H14O7/c1-22-14-7-12(21)15-11(20)6-13(24-17(15)16(14)23-2)9-5-8(18)3-4-10(9)19/h3-7,18-19,21H,1-2H3. The molecular weight excluding hydrogens is 316 g/mol. The van der Waals surface area contributed by atoms with Crippen molar-refractivity contribution in [3.8, 4) is 40.1 Å². The molecule has 3 aromatic rings. The highest BCUT2D eigenvalue weighted by Crippen LogP contribution is 2.42. The lowest BCUT2D eigenvalue weighted by Gasteiger charge is -2.12. The minimum absolute atomic E-state index is 0.00635. The third kappa shape index (κ3) is 2.36. The maximum absolute atomic E-state index is 12.4. The van der Waals surface area contributed by atoms with Gasteiger partial charge in [-0.2, -0.15) is 0 Å². The summed E-state index contributed by atoms with van der Waals surface area (Å²) in [7, 11) is 2.75. The van der Waals surface area contributed by atoms with Crippen molar-refractivity contribution in [1.29, 1.82) is 0 Å². The molecule has 3 N–H and O–H groups in total. The second-order valence-corrected chi connectivity index (χ2v) is 5.01. The van der Waals surface area contributed by atoms with Crippen molar-refractivity contribution >= 4 is 11.0 Å². The first-order chi connectivity index (χ1) is 11.5. The van der Waals surface area contributed by atoms with Gasteiger partial charge in [0.15, 0.2) is 16.8 Å². The normalized spacial score (nSPS) is 10.8. The Hall–Kier alpha value is -3.35. The molecule has 0 atom stereocenters. The Bertz CT molecular complexity index is 988. The molecule has 0 saturated carbocycles. The average Bonchev–Trinajstić information content (AvgIpc) is 2.56. The Morgan fingerprint density at radius 2 is 1.71 bits per heavy atom. The quantitative estimate of drug-likeness (QED) is 0.633. The van der Waals surface area contributed by atoms with E-state index < -0.39 is 5.43 Å². The summed E-state index contributed by atoms with van der Waals surface area (Å²) in [6.07, 6.45) is 0. The minimum Gasteiger partial charge on any atom is -0.508 e. The summed E-state index contributed by atoms with van der Waals surface area (Å²) in [5, 5.41) is 29.5. The number of aromatic hydroxyl groups is 3. The number of phenolic OH excluding ortho intramolecular Hbond substituents is 3. The molecule has 124 valence electrons. The summed E-state index contributed by atoms with van der Waals surface area (Å²) in [6, 6.07) is 6.19. The molecule has 0 aliphatic carbocycles. The number of ether oxygens (including phenoxy) is 2. The molecule has 1 aromatic heterocycles. The van der Waals surface area contributed by atoms with Crippen molar-refractivity contribution < 1.29 is 29.2 Å². The molecule has 0 bridgehead atoms. The zero-order chi connectivity index (χ0) is 17.4.